The molecule has 0 aromatic heterocycles. The van der Waals surface area contributed by atoms with E-state index in [1.807, 2.05) is 60.7 Å². The van der Waals surface area contributed by atoms with Crippen LogP contribution in [0.15, 0.2) is 60.7 Å². The molecule has 0 radical (unpaired) electrons. The van der Waals surface area contributed by atoms with Gasteiger partial charge in [0.05, 0.1) is 0 Å². The van der Waals surface area contributed by atoms with E-state index in [9.17, 15) is 9.59 Å². The summed E-state index contributed by atoms with van der Waals surface area (Å²) in [4.78, 5) is 28.3. The van der Waals surface area contributed by atoms with Crippen molar-refractivity contribution in [3.63, 3.8) is 0 Å². The molecular weight excluding hydrogens is 418 g/mol. The molecule has 7 nitrogen and oxygen atoms in total. The Bertz CT molecular complexity index is 799. The number of rotatable bonds is 7. The van der Waals surface area contributed by atoms with Crippen LogP contribution in [-0.2, 0) is 22.7 Å². The first kappa shape index (κ1) is 24.5. The van der Waals surface area contributed by atoms with E-state index in [0.717, 1.165) is 11.1 Å². The van der Waals surface area contributed by atoms with E-state index >= 15 is 0 Å². The fourth-order valence-electron chi connectivity index (χ4n) is 3.53. The molecule has 0 unspecified atom stereocenters. The Balaban J connectivity index is 0.00000341. The number of benzene rings is 2. The molecule has 2 aromatic carbocycles. The van der Waals surface area contributed by atoms with E-state index in [4.69, 9.17) is 15.2 Å². The second kappa shape index (κ2) is 12.8. The largest absolute Gasteiger partial charge is 0.445 e. The molecule has 2 amide bonds. The van der Waals surface area contributed by atoms with E-state index < -0.39 is 0 Å². The third kappa shape index (κ3) is 7.45. The fraction of sp³-hybridized carbons (Fsp3) is 0.391. The summed E-state index contributed by atoms with van der Waals surface area (Å²) >= 11 is 0. The average Bonchev–Trinajstić information content (AvgIpc) is 2.81. The lowest BCUT2D eigenvalue weighted by Gasteiger charge is -2.37. The molecule has 168 valence electrons. The lowest BCUT2D eigenvalue weighted by molar-refractivity contribution is 0.0528. The number of hydrogen-bond donors (Lipinski definition) is 1. The molecule has 1 saturated heterocycles. The van der Waals surface area contributed by atoms with Gasteiger partial charge in [-0.3, -0.25) is 0 Å². The van der Waals surface area contributed by atoms with Crippen molar-refractivity contribution in [2.45, 2.75) is 32.1 Å². The van der Waals surface area contributed by atoms with Gasteiger partial charge in [-0.25, -0.2) is 9.59 Å². The Morgan fingerprint density at radius 3 is 1.94 bits per heavy atom. The van der Waals surface area contributed by atoms with Crippen LogP contribution in [0.2, 0.25) is 0 Å². The Kier molecular flexibility index (Phi) is 10.1. The molecular formula is C23H30ClN3O4. The first-order chi connectivity index (χ1) is 14.7. The van der Waals surface area contributed by atoms with Crippen LogP contribution in [0.5, 0.6) is 0 Å². The Morgan fingerprint density at radius 1 is 0.903 bits per heavy atom. The average molecular weight is 448 g/mol. The topological polar surface area (TPSA) is 85.1 Å². The normalized spacial score (nSPS) is 13.8. The zero-order valence-corrected chi connectivity index (χ0v) is 18.3. The maximum Gasteiger partial charge on any atom is 0.410 e. The van der Waals surface area contributed by atoms with Crippen LogP contribution in [0.3, 0.4) is 0 Å². The van der Waals surface area contributed by atoms with Crippen molar-refractivity contribution >= 4 is 24.6 Å². The minimum Gasteiger partial charge on any atom is -0.445 e. The SMILES string of the molecule is Cl.NCCN(C(=O)OCc1ccccc1)C1CCN(C(=O)OCc2ccccc2)CC1. The smallest absolute Gasteiger partial charge is 0.410 e. The van der Waals surface area contributed by atoms with E-state index in [1.54, 1.807) is 9.80 Å². The van der Waals surface area contributed by atoms with Crippen molar-refractivity contribution in [1.29, 1.82) is 0 Å². The van der Waals surface area contributed by atoms with Crippen LogP contribution in [0.1, 0.15) is 24.0 Å². The van der Waals surface area contributed by atoms with E-state index in [1.165, 1.54) is 0 Å². The van der Waals surface area contributed by atoms with Gasteiger partial charge in [0.25, 0.3) is 0 Å². The number of hydrogen-bond acceptors (Lipinski definition) is 5. The maximum absolute atomic E-state index is 12.6. The standard InChI is InChI=1S/C23H29N3O4.ClH/c24-13-16-26(23(28)30-18-20-9-5-2-6-10-20)21-11-14-25(15-12-21)22(27)29-17-19-7-3-1-4-8-19;/h1-10,21H,11-18,24H2;1H. The van der Waals surface area contributed by atoms with Crippen LogP contribution in [0.25, 0.3) is 0 Å². The van der Waals surface area contributed by atoms with Gasteiger partial charge in [-0.1, -0.05) is 60.7 Å². The highest BCUT2D eigenvalue weighted by Crippen LogP contribution is 2.19. The first-order valence-corrected chi connectivity index (χ1v) is 10.3. The molecule has 1 fully saturated rings. The predicted octanol–water partition coefficient (Wildman–Crippen LogP) is 3.81. The Hall–Kier alpha value is -2.77. The predicted molar refractivity (Wildman–Crippen MR) is 121 cm³/mol. The number of nitrogens with zero attached hydrogens (tertiary/aromatic N) is 2. The maximum atomic E-state index is 12.6. The first-order valence-electron chi connectivity index (χ1n) is 10.3. The number of carbonyl (C=O) groups is 2. The molecule has 0 atom stereocenters. The molecule has 0 saturated carbocycles. The number of halogens is 1. The van der Waals surface area contributed by atoms with E-state index in [-0.39, 0.29) is 43.8 Å². The lowest BCUT2D eigenvalue weighted by Crippen LogP contribution is -2.50. The Morgan fingerprint density at radius 2 is 1.42 bits per heavy atom. The minimum absolute atomic E-state index is 0. The number of amides is 2. The highest BCUT2D eigenvalue weighted by atomic mass is 35.5. The van der Waals surface area contributed by atoms with Gasteiger partial charge in [0, 0.05) is 32.2 Å². The third-order valence-electron chi connectivity index (χ3n) is 5.18. The van der Waals surface area contributed by atoms with Gasteiger partial charge < -0.3 is 25.0 Å². The van der Waals surface area contributed by atoms with Gasteiger partial charge in [-0.15, -0.1) is 12.4 Å². The minimum atomic E-state index is -0.366. The van der Waals surface area contributed by atoms with Crippen molar-refractivity contribution in [1.82, 2.24) is 9.80 Å². The number of carbonyl (C=O) groups excluding carboxylic acids is 2. The van der Waals surface area contributed by atoms with Crippen LogP contribution >= 0.6 is 12.4 Å². The number of likely N-dealkylation sites (tertiary alicyclic amines) is 1. The summed E-state index contributed by atoms with van der Waals surface area (Å²) in [6.07, 6.45) is 0.644. The van der Waals surface area contributed by atoms with Crippen LogP contribution in [-0.4, -0.2) is 54.2 Å². The molecule has 1 aliphatic heterocycles. The van der Waals surface area contributed by atoms with Crippen LogP contribution in [0.4, 0.5) is 9.59 Å². The summed E-state index contributed by atoms with van der Waals surface area (Å²) in [5.41, 5.74) is 7.61. The van der Waals surface area contributed by atoms with Crippen LogP contribution < -0.4 is 5.73 Å². The summed E-state index contributed by atoms with van der Waals surface area (Å²) in [5, 5.41) is 0. The van der Waals surface area contributed by atoms with Crippen molar-refractivity contribution in [3.05, 3.63) is 71.8 Å². The fourth-order valence-corrected chi connectivity index (χ4v) is 3.53. The highest BCUT2D eigenvalue weighted by molar-refractivity contribution is 5.85. The molecule has 2 aromatic rings. The molecule has 0 bridgehead atoms. The molecule has 0 aliphatic carbocycles. The number of nitrogens with two attached hydrogens (primary N) is 1. The monoisotopic (exact) mass is 447 g/mol. The molecule has 3 rings (SSSR count). The van der Waals surface area contributed by atoms with Gasteiger partial charge in [0.15, 0.2) is 0 Å². The van der Waals surface area contributed by atoms with Gasteiger partial charge in [-0.2, -0.15) is 0 Å². The molecule has 1 aliphatic rings. The second-order valence-electron chi connectivity index (χ2n) is 7.28. The zero-order chi connectivity index (χ0) is 21.2. The molecule has 31 heavy (non-hydrogen) atoms. The second-order valence-corrected chi connectivity index (χ2v) is 7.28. The van der Waals surface area contributed by atoms with Gasteiger partial charge >= 0.3 is 12.2 Å². The van der Waals surface area contributed by atoms with Gasteiger partial charge in [-0.05, 0) is 24.0 Å². The summed E-state index contributed by atoms with van der Waals surface area (Å²) in [6, 6.07) is 19.2. The quantitative estimate of drug-likeness (QED) is 0.697. The lowest BCUT2D eigenvalue weighted by atomic mass is 10.0. The molecule has 2 N–H and O–H groups in total. The number of piperidine rings is 1. The summed E-state index contributed by atoms with van der Waals surface area (Å²) in [6.45, 7) is 2.34. The zero-order valence-electron chi connectivity index (χ0n) is 17.5. The number of ether oxygens (including phenoxy) is 2. The molecule has 1 heterocycles. The van der Waals surface area contributed by atoms with Crippen LogP contribution in [0, 0.1) is 0 Å². The van der Waals surface area contributed by atoms with Crippen molar-refractivity contribution in [3.8, 4) is 0 Å². The highest BCUT2D eigenvalue weighted by Gasteiger charge is 2.30. The molecule has 0 spiro atoms. The van der Waals surface area contributed by atoms with Crippen molar-refractivity contribution in [2.24, 2.45) is 5.73 Å². The van der Waals surface area contributed by atoms with Gasteiger partial charge in [0.1, 0.15) is 13.2 Å². The van der Waals surface area contributed by atoms with E-state index in [0.29, 0.717) is 39.0 Å². The van der Waals surface area contributed by atoms with Crippen molar-refractivity contribution in [2.75, 3.05) is 26.2 Å². The summed E-state index contributed by atoms with van der Waals surface area (Å²) < 4.78 is 10.9. The Labute approximate surface area is 189 Å². The van der Waals surface area contributed by atoms with E-state index in [2.05, 4.69) is 0 Å². The summed E-state index contributed by atoms with van der Waals surface area (Å²) in [7, 11) is 0. The third-order valence-corrected chi connectivity index (χ3v) is 5.18. The summed E-state index contributed by atoms with van der Waals surface area (Å²) in [5.74, 6) is 0. The van der Waals surface area contributed by atoms with Crippen molar-refractivity contribution < 1.29 is 19.1 Å². The van der Waals surface area contributed by atoms with Gasteiger partial charge in [0.2, 0.25) is 0 Å². The molecule has 8 heteroatoms.